The lowest BCUT2D eigenvalue weighted by Crippen LogP contribution is -2.39. The summed E-state index contributed by atoms with van der Waals surface area (Å²) >= 11 is 0. The van der Waals surface area contributed by atoms with Crippen LogP contribution < -0.4 is 5.32 Å². The molecule has 0 amide bonds. The Morgan fingerprint density at radius 2 is 2.00 bits per heavy atom. The predicted molar refractivity (Wildman–Crippen MR) is 92.3 cm³/mol. The Morgan fingerprint density at radius 3 is 2.75 bits per heavy atom. The number of nitrogens with zero attached hydrogens (tertiary/aromatic N) is 5. The van der Waals surface area contributed by atoms with Gasteiger partial charge in [-0.2, -0.15) is 4.52 Å². The highest BCUT2D eigenvalue weighted by Gasteiger charge is 2.29. The first kappa shape index (κ1) is 15.8. The second-order valence-corrected chi connectivity index (χ2v) is 6.93. The Labute approximate surface area is 142 Å². The summed E-state index contributed by atoms with van der Waals surface area (Å²) in [5.74, 6) is 2.50. The molecular formula is C17H26N6O. The van der Waals surface area contributed by atoms with E-state index in [-0.39, 0.29) is 0 Å². The Morgan fingerprint density at radius 1 is 1.17 bits per heavy atom. The first-order valence-corrected chi connectivity index (χ1v) is 9.03. The molecule has 0 aromatic carbocycles. The first-order chi connectivity index (χ1) is 11.8. The molecule has 3 heterocycles. The minimum absolute atomic E-state index is 0.495. The van der Waals surface area contributed by atoms with Gasteiger partial charge in [0.05, 0.1) is 0 Å². The van der Waals surface area contributed by atoms with Crippen molar-refractivity contribution in [1.82, 2.24) is 24.7 Å². The number of aromatic nitrogens is 4. The number of hydrogen-bond donors (Lipinski definition) is 1. The van der Waals surface area contributed by atoms with E-state index in [0.29, 0.717) is 12.0 Å². The number of piperidine rings is 1. The van der Waals surface area contributed by atoms with Crippen LogP contribution >= 0.6 is 0 Å². The summed E-state index contributed by atoms with van der Waals surface area (Å²) in [7, 11) is 1.77. The van der Waals surface area contributed by atoms with Crippen LogP contribution in [0.5, 0.6) is 0 Å². The summed E-state index contributed by atoms with van der Waals surface area (Å²) in [6.45, 7) is 4.27. The highest BCUT2D eigenvalue weighted by atomic mass is 16.5. The van der Waals surface area contributed by atoms with E-state index in [1.54, 1.807) is 7.11 Å². The van der Waals surface area contributed by atoms with Gasteiger partial charge in [-0.25, -0.2) is 0 Å². The molecule has 7 heteroatoms. The van der Waals surface area contributed by atoms with E-state index in [9.17, 15) is 0 Å². The van der Waals surface area contributed by atoms with E-state index < -0.39 is 0 Å². The number of fused-ring (bicyclic) bond motifs is 1. The molecule has 7 nitrogen and oxygen atoms in total. The third kappa shape index (κ3) is 3.52. The van der Waals surface area contributed by atoms with Gasteiger partial charge in [-0.05, 0) is 44.2 Å². The minimum atomic E-state index is 0.495. The van der Waals surface area contributed by atoms with Gasteiger partial charge in [0.25, 0.3) is 0 Å². The summed E-state index contributed by atoms with van der Waals surface area (Å²) in [5.41, 5.74) is 0.843. The molecular weight excluding hydrogens is 304 g/mol. The van der Waals surface area contributed by atoms with Gasteiger partial charge in [-0.1, -0.05) is 0 Å². The molecule has 4 rings (SSSR count). The van der Waals surface area contributed by atoms with Crippen molar-refractivity contribution in [3.05, 3.63) is 18.0 Å². The van der Waals surface area contributed by atoms with E-state index in [1.165, 1.54) is 12.8 Å². The van der Waals surface area contributed by atoms with Gasteiger partial charge in [0.2, 0.25) is 0 Å². The molecule has 0 atom stereocenters. The fourth-order valence-corrected chi connectivity index (χ4v) is 3.42. The number of nitrogens with one attached hydrogen (secondary N) is 1. The van der Waals surface area contributed by atoms with Gasteiger partial charge in [0.1, 0.15) is 5.82 Å². The molecule has 1 aliphatic carbocycles. The maximum Gasteiger partial charge on any atom is 0.178 e. The molecule has 2 aliphatic rings. The van der Waals surface area contributed by atoms with Crippen molar-refractivity contribution < 1.29 is 4.74 Å². The van der Waals surface area contributed by atoms with Crippen LogP contribution in [0.15, 0.2) is 12.1 Å². The third-order valence-electron chi connectivity index (χ3n) is 4.99. The maximum absolute atomic E-state index is 5.13. The third-order valence-corrected chi connectivity index (χ3v) is 4.99. The smallest absolute Gasteiger partial charge is 0.178 e. The van der Waals surface area contributed by atoms with E-state index in [1.807, 2.05) is 16.6 Å². The van der Waals surface area contributed by atoms with Crippen LogP contribution in [0.25, 0.3) is 5.65 Å². The van der Waals surface area contributed by atoms with Crippen LogP contribution in [0.1, 0.15) is 43.8 Å². The van der Waals surface area contributed by atoms with Crippen LogP contribution in [-0.2, 0) is 4.74 Å². The van der Waals surface area contributed by atoms with Gasteiger partial charge in [-0.3, -0.25) is 0 Å². The average molecular weight is 330 g/mol. The molecule has 1 aliphatic heterocycles. The number of methoxy groups -OCH3 is 1. The lowest BCUT2D eigenvalue weighted by atomic mass is 10.0. The Balaban J connectivity index is 1.34. The highest BCUT2D eigenvalue weighted by molar-refractivity contribution is 5.45. The molecule has 2 aromatic heterocycles. The number of likely N-dealkylation sites (tertiary alicyclic amines) is 1. The zero-order valence-electron chi connectivity index (χ0n) is 14.3. The van der Waals surface area contributed by atoms with Gasteiger partial charge in [-0.15, -0.1) is 15.3 Å². The van der Waals surface area contributed by atoms with Crippen LogP contribution in [0.2, 0.25) is 0 Å². The molecule has 2 fully saturated rings. The molecule has 1 saturated carbocycles. The van der Waals surface area contributed by atoms with Crippen LogP contribution in [0, 0.1) is 0 Å². The fraction of sp³-hybridized carbons (Fsp3) is 0.706. The molecule has 1 N–H and O–H groups in total. The van der Waals surface area contributed by atoms with Gasteiger partial charge >= 0.3 is 0 Å². The van der Waals surface area contributed by atoms with Gasteiger partial charge in [0, 0.05) is 45.3 Å². The monoisotopic (exact) mass is 330 g/mol. The Kier molecular flexibility index (Phi) is 4.62. The van der Waals surface area contributed by atoms with Gasteiger partial charge < -0.3 is 15.0 Å². The SMILES string of the molecule is COCCCN1CCC(Nc2ccc3nnc(C4CC4)n3n2)CC1. The molecule has 24 heavy (non-hydrogen) atoms. The topological polar surface area (TPSA) is 67.6 Å². The number of hydrogen-bond acceptors (Lipinski definition) is 6. The summed E-state index contributed by atoms with van der Waals surface area (Å²) in [6, 6.07) is 4.52. The summed E-state index contributed by atoms with van der Waals surface area (Å²) in [6.07, 6.45) is 5.85. The summed E-state index contributed by atoms with van der Waals surface area (Å²) in [4.78, 5) is 2.53. The molecule has 2 aromatic rings. The quantitative estimate of drug-likeness (QED) is 0.782. The zero-order valence-corrected chi connectivity index (χ0v) is 14.3. The van der Waals surface area contributed by atoms with Crippen molar-refractivity contribution in [2.45, 2.75) is 44.1 Å². The van der Waals surface area contributed by atoms with E-state index in [2.05, 4.69) is 20.4 Å². The Hall–Kier alpha value is -1.73. The molecule has 0 radical (unpaired) electrons. The zero-order chi connectivity index (χ0) is 16.4. The summed E-state index contributed by atoms with van der Waals surface area (Å²) in [5, 5.41) is 16.8. The normalized spacial score (nSPS) is 19.9. The lowest BCUT2D eigenvalue weighted by molar-refractivity contribution is 0.159. The standard InChI is InChI=1S/C17H26N6O/c1-24-12-2-9-22-10-7-14(8-11-22)18-15-5-6-16-19-20-17(13-3-4-13)23(16)21-15/h5-6,13-14H,2-4,7-12H2,1H3,(H,18,21). The van der Waals surface area contributed by atoms with Crippen molar-refractivity contribution in [3.63, 3.8) is 0 Å². The van der Waals surface area contributed by atoms with Gasteiger partial charge in [0.15, 0.2) is 11.5 Å². The number of ether oxygens (including phenoxy) is 1. The predicted octanol–water partition coefficient (Wildman–Crippen LogP) is 1.91. The first-order valence-electron chi connectivity index (χ1n) is 9.03. The second kappa shape index (κ2) is 7.03. The van der Waals surface area contributed by atoms with E-state index in [4.69, 9.17) is 9.84 Å². The van der Waals surface area contributed by atoms with Crippen LogP contribution in [0.3, 0.4) is 0 Å². The molecule has 1 saturated heterocycles. The average Bonchev–Trinajstić information content (AvgIpc) is 3.36. The number of rotatable bonds is 7. The molecule has 0 bridgehead atoms. The second-order valence-electron chi connectivity index (χ2n) is 6.93. The van der Waals surface area contributed by atoms with E-state index >= 15 is 0 Å². The van der Waals surface area contributed by atoms with Crippen LogP contribution in [-0.4, -0.2) is 64.1 Å². The minimum Gasteiger partial charge on any atom is -0.385 e. The molecule has 0 unspecified atom stereocenters. The van der Waals surface area contributed by atoms with Crippen molar-refractivity contribution in [2.75, 3.05) is 38.7 Å². The molecule has 0 spiro atoms. The van der Waals surface area contributed by atoms with E-state index in [0.717, 1.165) is 62.8 Å². The lowest BCUT2D eigenvalue weighted by Gasteiger charge is -2.32. The summed E-state index contributed by atoms with van der Waals surface area (Å²) < 4.78 is 7.05. The number of anilines is 1. The van der Waals surface area contributed by atoms with Crippen molar-refractivity contribution in [2.24, 2.45) is 0 Å². The van der Waals surface area contributed by atoms with Crippen molar-refractivity contribution >= 4 is 11.5 Å². The fourth-order valence-electron chi connectivity index (χ4n) is 3.42. The van der Waals surface area contributed by atoms with Crippen molar-refractivity contribution in [3.8, 4) is 0 Å². The van der Waals surface area contributed by atoms with Crippen LogP contribution in [0.4, 0.5) is 5.82 Å². The Bertz CT molecular complexity index is 675. The largest absolute Gasteiger partial charge is 0.385 e. The molecule has 130 valence electrons. The maximum atomic E-state index is 5.13. The highest BCUT2D eigenvalue weighted by Crippen LogP contribution is 2.38. The van der Waals surface area contributed by atoms with Crippen molar-refractivity contribution in [1.29, 1.82) is 0 Å².